The van der Waals surface area contributed by atoms with E-state index >= 15 is 0 Å². The third-order valence-electron chi connectivity index (χ3n) is 2.23. The average Bonchev–Trinajstić information content (AvgIpc) is 2.16. The van der Waals surface area contributed by atoms with Crippen molar-refractivity contribution < 1.29 is 9.84 Å². The zero-order chi connectivity index (χ0) is 10.7. The Kier molecular flexibility index (Phi) is 3.78. The number of rotatable bonds is 3. The maximum absolute atomic E-state index is 9.57. The summed E-state index contributed by atoms with van der Waals surface area (Å²) < 4.78 is 5.21. The van der Waals surface area contributed by atoms with E-state index in [-0.39, 0.29) is 0 Å². The first kappa shape index (κ1) is 11.3. The van der Waals surface area contributed by atoms with E-state index in [4.69, 9.17) is 16.3 Å². The van der Waals surface area contributed by atoms with Crippen molar-refractivity contribution in [3.05, 3.63) is 28.3 Å². The third kappa shape index (κ3) is 2.20. The number of aliphatic hydroxyl groups is 1. The second-order valence-corrected chi connectivity index (χ2v) is 3.64. The highest BCUT2D eigenvalue weighted by Gasteiger charge is 2.12. The summed E-state index contributed by atoms with van der Waals surface area (Å²) >= 11 is 5.91. The fourth-order valence-electron chi connectivity index (χ4n) is 1.57. The van der Waals surface area contributed by atoms with Gasteiger partial charge in [-0.1, -0.05) is 18.5 Å². The second kappa shape index (κ2) is 4.67. The first-order valence-electron chi connectivity index (χ1n) is 4.64. The molecule has 0 saturated heterocycles. The van der Waals surface area contributed by atoms with Gasteiger partial charge in [-0.05, 0) is 36.6 Å². The molecule has 0 spiro atoms. The van der Waals surface area contributed by atoms with Crippen molar-refractivity contribution in [2.24, 2.45) is 0 Å². The Morgan fingerprint density at radius 3 is 2.57 bits per heavy atom. The number of halogens is 1. The molecule has 0 aliphatic carbocycles. The van der Waals surface area contributed by atoms with Crippen molar-refractivity contribution in [1.82, 2.24) is 0 Å². The van der Waals surface area contributed by atoms with Crippen LogP contribution >= 0.6 is 11.6 Å². The van der Waals surface area contributed by atoms with Crippen LogP contribution in [0.1, 0.15) is 31.1 Å². The molecule has 0 fully saturated rings. The maximum atomic E-state index is 9.57. The third-order valence-corrected chi connectivity index (χ3v) is 2.45. The SMILES string of the molecule is CCc1c(OC)cc(Cl)cc1C(C)O. The van der Waals surface area contributed by atoms with Gasteiger partial charge in [-0.3, -0.25) is 0 Å². The van der Waals surface area contributed by atoms with E-state index in [0.29, 0.717) is 5.02 Å². The molecule has 0 aliphatic heterocycles. The molecule has 0 heterocycles. The Bertz CT molecular complexity index is 321. The second-order valence-electron chi connectivity index (χ2n) is 3.21. The summed E-state index contributed by atoms with van der Waals surface area (Å²) in [6, 6.07) is 3.56. The van der Waals surface area contributed by atoms with Crippen molar-refractivity contribution in [2.75, 3.05) is 7.11 Å². The van der Waals surface area contributed by atoms with Crippen LogP contribution < -0.4 is 4.74 Å². The summed E-state index contributed by atoms with van der Waals surface area (Å²) in [6.07, 6.45) is 0.304. The lowest BCUT2D eigenvalue weighted by Gasteiger charge is -2.15. The van der Waals surface area contributed by atoms with E-state index in [1.165, 1.54) is 0 Å². The predicted molar refractivity (Wildman–Crippen MR) is 58.0 cm³/mol. The van der Waals surface area contributed by atoms with Crippen LogP contribution in [0.25, 0.3) is 0 Å². The molecule has 0 bridgehead atoms. The molecular formula is C11H15ClO2. The molecule has 1 aromatic carbocycles. The van der Waals surface area contributed by atoms with Gasteiger partial charge in [-0.25, -0.2) is 0 Å². The van der Waals surface area contributed by atoms with Crippen LogP contribution in [0, 0.1) is 0 Å². The monoisotopic (exact) mass is 214 g/mol. The standard InChI is InChI=1S/C11H15ClO2/c1-4-9-10(7(2)13)5-8(12)6-11(9)14-3/h5-7,13H,4H2,1-3H3. The largest absolute Gasteiger partial charge is 0.496 e. The van der Waals surface area contributed by atoms with Crippen LogP contribution in [0.2, 0.25) is 5.02 Å². The van der Waals surface area contributed by atoms with E-state index < -0.39 is 6.10 Å². The van der Waals surface area contributed by atoms with Crippen LogP contribution in [-0.2, 0) is 6.42 Å². The topological polar surface area (TPSA) is 29.5 Å². The molecule has 2 nitrogen and oxygen atoms in total. The highest BCUT2D eigenvalue weighted by atomic mass is 35.5. The lowest BCUT2D eigenvalue weighted by atomic mass is 10.0. The van der Waals surface area contributed by atoms with Gasteiger partial charge in [0.05, 0.1) is 13.2 Å². The normalized spacial score (nSPS) is 12.6. The van der Waals surface area contributed by atoms with Gasteiger partial charge in [0, 0.05) is 5.02 Å². The first-order valence-corrected chi connectivity index (χ1v) is 5.02. The van der Waals surface area contributed by atoms with Crippen molar-refractivity contribution in [1.29, 1.82) is 0 Å². The van der Waals surface area contributed by atoms with Crippen molar-refractivity contribution in [3.8, 4) is 5.75 Å². The van der Waals surface area contributed by atoms with Gasteiger partial charge < -0.3 is 9.84 Å². The maximum Gasteiger partial charge on any atom is 0.123 e. The molecule has 0 radical (unpaired) electrons. The molecule has 0 amide bonds. The van der Waals surface area contributed by atoms with Crippen molar-refractivity contribution in [3.63, 3.8) is 0 Å². The zero-order valence-electron chi connectivity index (χ0n) is 8.67. The van der Waals surface area contributed by atoms with Gasteiger partial charge in [-0.2, -0.15) is 0 Å². The van der Waals surface area contributed by atoms with E-state index in [1.807, 2.05) is 6.92 Å². The van der Waals surface area contributed by atoms with E-state index in [2.05, 4.69) is 0 Å². The number of methoxy groups -OCH3 is 1. The molecule has 78 valence electrons. The molecule has 3 heteroatoms. The molecule has 1 atom stereocenters. The molecule has 1 N–H and O–H groups in total. The van der Waals surface area contributed by atoms with Crippen LogP contribution in [-0.4, -0.2) is 12.2 Å². The van der Waals surface area contributed by atoms with Gasteiger partial charge in [0.15, 0.2) is 0 Å². The number of benzene rings is 1. The smallest absolute Gasteiger partial charge is 0.123 e. The summed E-state index contributed by atoms with van der Waals surface area (Å²) in [6.45, 7) is 3.75. The Labute approximate surface area is 89.5 Å². The highest BCUT2D eigenvalue weighted by molar-refractivity contribution is 6.30. The number of hydrogen-bond donors (Lipinski definition) is 1. The minimum absolute atomic E-state index is 0.516. The Hall–Kier alpha value is -0.730. The summed E-state index contributed by atoms with van der Waals surface area (Å²) in [5.74, 6) is 0.746. The summed E-state index contributed by atoms with van der Waals surface area (Å²) in [4.78, 5) is 0. The number of aliphatic hydroxyl groups excluding tert-OH is 1. The molecule has 0 aromatic heterocycles. The average molecular weight is 215 g/mol. The van der Waals surface area contributed by atoms with Crippen LogP contribution in [0.4, 0.5) is 0 Å². The Morgan fingerprint density at radius 2 is 2.14 bits per heavy atom. The minimum atomic E-state index is -0.516. The first-order chi connectivity index (χ1) is 6.60. The van der Waals surface area contributed by atoms with Crippen LogP contribution in [0.5, 0.6) is 5.75 Å². The van der Waals surface area contributed by atoms with Gasteiger partial charge in [0.25, 0.3) is 0 Å². The van der Waals surface area contributed by atoms with Gasteiger partial charge in [0.2, 0.25) is 0 Å². The number of ether oxygens (including phenoxy) is 1. The summed E-state index contributed by atoms with van der Waals surface area (Å²) in [5, 5.41) is 10.2. The summed E-state index contributed by atoms with van der Waals surface area (Å²) in [5.41, 5.74) is 1.86. The molecule has 1 unspecified atom stereocenters. The Balaban J connectivity index is 3.31. The highest BCUT2D eigenvalue weighted by Crippen LogP contribution is 2.31. The Morgan fingerprint density at radius 1 is 1.50 bits per heavy atom. The quantitative estimate of drug-likeness (QED) is 0.839. The molecule has 1 rings (SSSR count). The van der Waals surface area contributed by atoms with E-state index in [9.17, 15) is 5.11 Å². The fraction of sp³-hybridized carbons (Fsp3) is 0.455. The number of hydrogen-bond acceptors (Lipinski definition) is 2. The van der Waals surface area contributed by atoms with E-state index in [1.54, 1.807) is 26.2 Å². The van der Waals surface area contributed by atoms with Crippen molar-refractivity contribution >= 4 is 11.6 Å². The van der Waals surface area contributed by atoms with E-state index in [0.717, 1.165) is 23.3 Å². The van der Waals surface area contributed by atoms with Gasteiger partial charge >= 0.3 is 0 Å². The lowest BCUT2D eigenvalue weighted by molar-refractivity contribution is 0.197. The molecule has 0 aliphatic rings. The van der Waals surface area contributed by atoms with Crippen LogP contribution in [0.3, 0.4) is 0 Å². The van der Waals surface area contributed by atoms with Crippen LogP contribution in [0.15, 0.2) is 12.1 Å². The zero-order valence-corrected chi connectivity index (χ0v) is 9.43. The lowest BCUT2D eigenvalue weighted by Crippen LogP contribution is -2.00. The molecule has 0 saturated carbocycles. The minimum Gasteiger partial charge on any atom is -0.496 e. The van der Waals surface area contributed by atoms with Crippen molar-refractivity contribution in [2.45, 2.75) is 26.4 Å². The molecular weight excluding hydrogens is 200 g/mol. The summed E-state index contributed by atoms with van der Waals surface area (Å²) in [7, 11) is 1.61. The van der Waals surface area contributed by atoms with Gasteiger partial charge in [0.1, 0.15) is 5.75 Å². The predicted octanol–water partition coefficient (Wildman–Crippen LogP) is 2.96. The molecule has 1 aromatic rings. The molecule has 14 heavy (non-hydrogen) atoms. The van der Waals surface area contributed by atoms with Gasteiger partial charge in [-0.15, -0.1) is 0 Å². The fourth-order valence-corrected chi connectivity index (χ4v) is 1.78.